The number of hydrogen-bond donors (Lipinski definition) is 0. The molecule has 0 radical (unpaired) electrons. The summed E-state index contributed by atoms with van der Waals surface area (Å²) in [5.41, 5.74) is 1.35. The summed E-state index contributed by atoms with van der Waals surface area (Å²) < 4.78 is 42.4. The first-order valence-electron chi connectivity index (χ1n) is 9.83. The topological polar surface area (TPSA) is 43.6 Å². The van der Waals surface area contributed by atoms with Crippen LogP contribution in [0.4, 0.5) is 13.2 Å². The van der Waals surface area contributed by atoms with Crippen molar-refractivity contribution in [3.8, 4) is 27.6 Å². The highest BCUT2D eigenvalue weighted by atomic mass is 35.5. The summed E-state index contributed by atoms with van der Waals surface area (Å²) in [6.45, 7) is 1.84. The first kappa shape index (κ1) is 22.7. The zero-order chi connectivity index (χ0) is 23.5. The molecule has 1 aliphatic carbocycles. The fourth-order valence-electron chi connectivity index (χ4n) is 3.73. The van der Waals surface area contributed by atoms with Gasteiger partial charge in [-0.15, -0.1) is 10.2 Å². The third-order valence-electron chi connectivity index (χ3n) is 5.71. The Balaban J connectivity index is 1.68. The highest BCUT2D eigenvalue weighted by molar-refractivity contribution is 7.14. The van der Waals surface area contributed by atoms with E-state index in [9.17, 15) is 13.2 Å². The van der Waals surface area contributed by atoms with Crippen LogP contribution >= 0.6 is 46.1 Å². The molecule has 2 heterocycles. The Bertz CT molecular complexity index is 1360. The molecule has 33 heavy (non-hydrogen) atoms. The average molecular weight is 530 g/mol. The molecule has 1 fully saturated rings. The van der Waals surface area contributed by atoms with Crippen LogP contribution in [0.2, 0.25) is 15.1 Å². The van der Waals surface area contributed by atoms with Crippen molar-refractivity contribution in [1.82, 2.24) is 20.0 Å². The Morgan fingerprint density at radius 3 is 2.24 bits per heavy atom. The van der Waals surface area contributed by atoms with Gasteiger partial charge in [-0.25, -0.2) is 4.68 Å². The molecular weight excluding hydrogens is 516 g/mol. The molecule has 0 N–H and O–H groups in total. The number of aromatic nitrogens is 4. The zero-order valence-electron chi connectivity index (χ0n) is 16.9. The molecule has 11 heteroatoms. The molecule has 1 aliphatic rings. The normalized spacial score (nSPS) is 15.1. The van der Waals surface area contributed by atoms with E-state index in [0.29, 0.717) is 37.2 Å². The van der Waals surface area contributed by atoms with Crippen LogP contribution in [-0.4, -0.2) is 26.2 Å². The van der Waals surface area contributed by atoms with Crippen molar-refractivity contribution in [1.29, 1.82) is 0 Å². The standard InChI is InChI=1S/C22H14Cl3F3N4S/c1-11-17(19-29-30-20(33-19)21(8-9-21)22(26,27)28)31-32(16-7-6-14(24)10-15(16)25)18(11)12-2-4-13(23)5-3-12/h2-7,10H,8-9H2,1H3. The fourth-order valence-corrected chi connectivity index (χ4v) is 5.50. The van der Waals surface area contributed by atoms with Crippen LogP contribution in [0.15, 0.2) is 42.5 Å². The molecule has 1 saturated carbocycles. The summed E-state index contributed by atoms with van der Waals surface area (Å²) in [6, 6.07) is 12.2. The van der Waals surface area contributed by atoms with Gasteiger partial charge in [0.25, 0.3) is 0 Å². The minimum atomic E-state index is -4.36. The summed E-state index contributed by atoms with van der Waals surface area (Å²) in [5.74, 6) is 0. The van der Waals surface area contributed by atoms with E-state index in [1.165, 1.54) is 0 Å². The van der Waals surface area contributed by atoms with Crippen molar-refractivity contribution >= 4 is 46.1 Å². The highest BCUT2D eigenvalue weighted by Crippen LogP contribution is 2.59. The van der Waals surface area contributed by atoms with Gasteiger partial charge in [0.05, 0.1) is 16.4 Å². The van der Waals surface area contributed by atoms with E-state index in [1.54, 1.807) is 35.0 Å². The number of hydrogen-bond acceptors (Lipinski definition) is 4. The molecule has 0 spiro atoms. The Morgan fingerprint density at radius 1 is 0.970 bits per heavy atom. The van der Waals surface area contributed by atoms with Crippen LogP contribution < -0.4 is 0 Å². The molecule has 170 valence electrons. The number of benzene rings is 2. The van der Waals surface area contributed by atoms with Gasteiger partial charge in [-0.2, -0.15) is 18.3 Å². The van der Waals surface area contributed by atoms with E-state index < -0.39 is 11.6 Å². The van der Waals surface area contributed by atoms with Crippen molar-refractivity contribution in [2.45, 2.75) is 31.4 Å². The fraction of sp³-hybridized carbons (Fsp3) is 0.227. The van der Waals surface area contributed by atoms with Gasteiger partial charge in [-0.1, -0.05) is 58.3 Å². The number of nitrogens with zero attached hydrogens (tertiary/aromatic N) is 4. The largest absolute Gasteiger partial charge is 0.400 e. The maximum atomic E-state index is 13.6. The number of alkyl halides is 3. The van der Waals surface area contributed by atoms with Crippen LogP contribution in [0.25, 0.3) is 27.6 Å². The van der Waals surface area contributed by atoms with Crippen LogP contribution in [0, 0.1) is 6.92 Å². The lowest BCUT2D eigenvalue weighted by atomic mass is 10.1. The molecule has 0 unspecified atom stereocenters. The van der Waals surface area contributed by atoms with Crippen molar-refractivity contribution < 1.29 is 13.2 Å². The van der Waals surface area contributed by atoms with Gasteiger partial charge in [0.15, 0.2) is 5.01 Å². The summed E-state index contributed by atoms with van der Waals surface area (Å²) in [7, 11) is 0. The SMILES string of the molecule is Cc1c(-c2nnc(C3(C(F)(F)F)CC3)s2)nn(-c2ccc(Cl)cc2Cl)c1-c1ccc(Cl)cc1. The molecule has 2 aromatic heterocycles. The summed E-state index contributed by atoms with van der Waals surface area (Å²) in [4.78, 5) is 0. The summed E-state index contributed by atoms with van der Waals surface area (Å²) in [6.07, 6.45) is -4.31. The third-order valence-corrected chi connectivity index (χ3v) is 7.63. The lowest BCUT2D eigenvalue weighted by Gasteiger charge is -2.15. The van der Waals surface area contributed by atoms with Gasteiger partial charge in [0.1, 0.15) is 16.1 Å². The maximum absolute atomic E-state index is 13.6. The van der Waals surface area contributed by atoms with Crippen LogP contribution in [0.3, 0.4) is 0 Å². The van der Waals surface area contributed by atoms with Crippen molar-refractivity contribution in [3.05, 3.63) is 68.1 Å². The molecule has 2 aromatic carbocycles. The minimum Gasteiger partial charge on any atom is -0.231 e. The van der Waals surface area contributed by atoms with Gasteiger partial charge >= 0.3 is 6.18 Å². The molecular formula is C22H14Cl3F3N4S. The smallest absolute Gasteiger partial charge is 0.231 e. The summed E-state index contributed by atoms with van der Waals surface area (Å²) >= 11 is 19.5. The van der Waals surface area contributed by atoms with Crippen LogP contribution in [-0.2, 0) is 5.41 Å². The Hall–Kier alpha value is -2.13. The molecule has 0 atom stereocenters. The molecule has 4 nitrogen and oxygen atoms in total. The van der Waals surface area contributed by atoms with Gasteiger partial charge in [-0.3, -0.25) is 0 Å². The monoisotopic (exact) mass is 528 g/mol. The second kappa shape index (κ2) is 7.98. The zero-order valence-corrected chi connectivity index (χ0v) is 20.0. The van der Waals surface area contributed by atoms with Crippen molar-refractivity contribution in [3.63, 3.8) is 0 Å². The predicted molar refractivity (Wildman–Crippen MR) is 125 cm³/mol. The van der Waals surface area contributed by atoms with Gasteiger partial charge in [-0.05, 0) is 50.1 Å². The lowest BCUT2D eigenvalue weighted by molar-refractivity contribution is -0.160. The quantitative estimate of drug-likeness (QED) is 0.270. The van der Waals surface area contributed by atoms with Crippen LogP contribution in [0.5, 0.6) is 0 Å². The Kier molecular flexibility index (Phi) is 5.47. The first-order valence-corrected chi connectivity index (χ1v) is 11.8. The second-order valence-corrected chi connectivity index (χ2v) is 10.1. The second-order valence-electron chi connectivity index (χ2n) is 7.83. The van der Waals surface area contributed by atoms with Gasteiger partial charge in [0, 0.05) is 21.2 Å². The van der Waals surface area contributed by atoms with E-state index in [1.807, 2.05) is 19.1 Å². The van der Waals surface area contributed by atoms with E-state index in [2.05, 4.69) is 10.2 Å². The Morgan fingerprint density at radius 2 is 1.64 bits per heavy atom. The van der Waals surface area contributed by atoms with Crippen molar-refractivity contribution in [2.75, 3.05) is 0 Å². The molecule has 5 rings (SSSR count). The molecule has 0 amide bonds. The maximum Gasteiger partial charge on any atom is 0.400 e. The first-order chi connectivity index (χ1) is 15.6. The molecule has 4 aromatic rings. The highest BCUT2D eigenvalue weighted by Gasteiger charge is 2.66. The van der Waals surface area contributed by atoms with Crippen molar-refractivity contribution in [2.24, 2.45) is 0 Å². The van der Waals surface area contributed by atoms with E-state index in [4.69, 9.17) is 39.9 Å². The van der Waals surface area contributed by atoms with Gasteiger partial charge < -0.3 is 0 Å². The lowest BCUT2D eigenvalue weighted by Crippen LogP contribution is -2.28. The Labute approximate surface area is 205 Å². The molecule has 0 aliphatic heterocycles. The van der Waals surface area contributed by atoms with Gasteiger partial charge in [0.2, 0.25) is 0 Å². The van der Waals surface area contributed by atoms with E-state index in [0.717, 1.165) is 22.5 Å². The van der Waals surface area contributed by atoms with E-state index >= 15 is 0 Å². The molecule has 0 bridgehead atoms. The van der Waals surface area contributed by atoms with Crippen LogP contribution in [0.1, 0.15) is 23.4 Å². The average Bonchev–Trinajstić information content (AvgIpc) is 3.32. The third kappa shape index (κ3) is 3.83. The predicted octanol–water partition coefficient (Wildman–Crippen LogP) is 7.92. The number of halogens is 6. The minimum absolute atomic E-state index is 0.0228. The number of rotatable bonds is 4. The summed E-state index contributed by atoms with van der Waals surface area (Å²) in [5, 5.41) is 14.4. The van der Waals surface area contributed by atoms with E-state index in [-0.39, 0.29) is 17.8 Å². The molecule has 0 saturated heterocycles.